The molecule has 102 valence electrons. The molecule has 18 heavy (non-hydrogen) atoms. The van der Waals surface area contributed by atoms with Crippen LogP contribution in [-0.2, 0) is 16.4 Å². The molecular formula is C13H22N2O2S. The highest BCUT2D eigenvalue weighted by molar-refractivity contribution is 7.90. The van der Waals surface area contributed by atoms with E-state index in [9.17, 15) is 8.42 Å². The first kappa shape index (κ1) is 15.1. The molecule has 0 fully saturated rings. The average molecular weight is 270 g/mol. The normalized spacial score (nSPS) is 15.3. The summed E-state index contributed by atoms with van der Waals surface area (Å²) in [4.78, 5) is 0.357. The monoisotopic (exact) mass is 270 g/mol. The Morgan fingerprint density at radius 3 is 2.22 bits per heavy atom. The molecule has 2 atom stereocenters. The molecule has 2 unspecified atom stereocenters. The van der Waals surface area contributed by atoms with E-state index in [-0.39, 0.29) is 6.04 Å². The molecule has 0 saturated carbocycles. The molecule has 0 heterocycles. The van der Waals surface area contributed by atoms with Crippen LogP contribution in [0.5, 0.6) is 0 Å². The highest BCUT2D eigenvalue weighted by Crippen LogP contribution is 2.10. The van der Waals surface area contributed by atoms with Crippen molar-refractivity contribution in [2.24, 2.45) is 11.7 Å². The maximum absolute atomic E-state index is 11.3. The van der Waals surface area contributed by atoms with Gasteiger partial charge in [0.15, 0.2) is 9.84 Å². The van der Waals surface area contributed by atoms with Gasteiger partial charge in [-0.15, -0.1) is 0 Å². The van der Waals surface area contributed by atoms with Crippen LogP contribution >= 0.6 is 0 Å². The standard InChI is InChI=1S/C13H22N2O2S/c1-10(11(2)14)8-15-9-12-4-6-13(7-5-12)18(3,16)17/h4-7,10-11,15H,8-9,14H2,1-3H3. The Morgan fingerprint density at radius 2 is 1.78 bits per heavy atom. The van der Waals surface area contributed by atoms with E-state index in [4.69, 9.17) is 5.73 Å². The molecule has 0 bridgehead atoms. The van der Waals surface area contributed by atoms with Gasteiger partial charge >= 0.3 is 0 Å². The van der Waals surface area contributed by atoms with Crippen LogP contribution in [-0.4, -0.2) is 27.3 Å². The molecule has 0 saturated heterocycles. The zero-order valence-corrected chi connectivity index (χ0v) is 12.0. The fourth-order valence-electron chi connectivity index (χ4n) is 1.48. The lowest BCUT2D eigenvalue weighted by atomic mass is 10.1. The van der Waals surface area contributed by atoms with E-state index >= 15 is 0 Å². The van der Waals surface area contributed by atoms with E-state index < -0.39 is 9.84 Å². The van der Waals surface area contributed by atoms with Crippen LogP contribution in [0.3, 0.4) is 0 Å². The van der Waals surface area contributed by atoms with Crippen molar-refractivity contribution in [3.8, 4) is 0 Å². The number of rotatable bonds is 6. The third-order valence-corrected chi connectivity index (χ3v) is 4.17. The van der Waals surface area contributed by atoms with Gasteiger partial charge in [-0.2, -0.15) is 0 Å². The Labute approximate surface area is 110 Å². The predicted octanol–water partition coefficient (Wildman–Crippen LogP) is 1.16. The fraction of sp³-hybridized carbons (Fsp3) is 0.538. The van der Waals surface area contributed by atoms with Gasteiger partial charge in [0.25, 0.3) is 0 Å². The number of sulfone groups is 1. The second kappa shape index (κ2) is 6.31. The highest BCUT2D eigenvalue weighted by atomic mass is 32.2. The minimum Gasteiger partial charge on any atom is -0.328 e. The molecule has 0 radical (unpaired) electrons. The highest BCUT2D eigenvalue weighted by Gasteiger charge is 2.08. The Balaban J connectivity index is 2.50. The van der Waals surface area contributed by atoms with Crippen molar-refractivity contribution in [1.29, 1.82) is 0 Å². The molecule has 4 nitrogen and oxygen atoms in total. The average Bonchev–Trinajstić information content (AvgIpc) is 2.28. The van der Waals surface area contributed by atoms with E-state index in [1.807, 2.05) is 19.1 Å². The van der Waals surface area contributed by atoms with Gasteiger partial charge in [-0.05, 0) is 37.1 Å². The van der Waals surface area contributed by atoms with Gasteiger partial charge in [0.05, 0.1) is 4.90 Å². The SMILES string of the molecule is CC(N)C(C)CNCc1ccc(S(C)(=O)=O)cc1. The molecule has 0 spiro atoms. The van der Waals surface area contributed by atoms with E-state index in [0.29, 0.717) is 10.8 Å². The number of benzene rings is 1. The van der Waals surface area contributed by atoms with E-state index in [1.54, 1.807) is 12.1 Å². The van der Waals surface area contributed by atoms with Gasteiger partial charge in [0, 0.05) is 18.8 Å². The van der Waals surface area contributed by atoms with Crippen molar-refractivity contribution in [3.05, 3.63) is 29.8 Å². The molecule has 5 heteroatoms. The van der Waals surface area contributed by atoms with Gasteiger partial charge < -0.3 is 11.1 Å². The Morgan fingerprint density at radius 1 is 1.22 bits per heavy atom. The Hall–Kier alpha value is -0.910. The van der Waals surface area contributed by atoms with Crippen LogP contribution in [0, 0.1) is 5.92 Å². The first-order valence-electron chi connectivity index (χ1n) is 6.06. The molecule has 1 aromatic carbocycles. The summed E-state index contributed by atoms with van der Waals surface area (Å²) in [6, 6.07) is 7.12. The lowest BCUT2D eigenvalue weighted by Crippen LogP contribution is -2.32. The molecule has 0 aliphatic carbocycles. The Kier molecular flexibility index (Phi) is 5.31. The van der Waals surface area contributed by atoms with Crippen LogP contribution in [0.15, 0.2) is 29.2 Å². The summed E-state index contributed by atoms with van der Waals surface area (Å²) in [6.45, 7) is 5.67. The van der Waals surface area contributed by atoms with Gasteiger partial charge in [0.1, 0.15) is 0 Å². The maximum atomic E-state index is 11.3. The summed E-state index contributed by atoms with van der Waals surface area (Å²) in [7, 11) is -3.10. The second-order valence-corrected chi connectivity index (χ2v) is 6.90. The molecular weight excluding hydrogens is 248 g/mol. The second-order valence-electron chi connectivity index (χ2n) is 4.88. The number of nitrogens with one attached hydrogen (secondary N) is 1. The summed E-state index contributed by atoms with van der Waals surface area (Å²) in [5.74, 6) is 0.417. The van der Waals surface area contributed by atoms with E-state index in [2.05, 4.69) is 12.2 Å². The molecule has 0 aliphatic rings. The van der Waals surface area contributed by atoms with Crippen LogP contribution in [0.2, 0.25) is 0 Å². The third-order valence-electron chi connectivity index (χ3n) is 3.04. The van der Waals surface area contributed by atoms with Crippen LogP contribution < -0.4 is 11.1 Å². The lowest BCUT2D eigenvalue weighted by molar-refractivity contribution is 0.445. The summed E-state index contributed by atoms with van der Waals surface area (Å²) < 4.78 is 22.6. The largest absolute Gasteiger partial charge is 0.328 e. The van der Waals surface area contributed by atoms with Crippen LogP contribution in [0.4, 0.5) is 0 Å². The Bertz CT molecular complexity index is 466. The first-order chi connectivity index (χ1) is 8.30. The molecule has 3 N–H and O–H groups in total. The third kappa shape index (κ3) is 4.76. The quantitative estimate of drug-likeness (QED) is 0.814. The van der Waals surface area contributed by atoms with Crippen molar-refractivity contribution >= 4 is 9.84 Å². The zero-order chi connectivity index (χ0) is 13.8. The van der Waals surface area contributed by atoms with E-state index in [0.717, 1.165) is 18.7 Å². The molecule has 0 amide bonds. The summed E-state index contributed by atoms with van der Waals surface area (Å²) in [6.07, 6.45) is 1.21. The van der Waals surface area contributed by atoms with Crippen molar-refractivity contribution < 1.29 is 8.42 Å². The minimum atomic E-state index is -3.10. The van der Waals surface area contributed by atoms with Crippen molar-refractivity contribution in [1.82, 2.24) is 5.32 Å². The number of hydrogen-bond acceptors (Lipinski definition) is 4. The lowest BCUT2D eigenvalue weighted by Gasteiger charge is -2.16. The summed E-state index contributed by atoms with van der Waals surface area (Å²) >= 11 is 0. The molecule has 0 aliphatic heterocycles. The van der Waals surface area contributed by atoms with Crippen LogP contribution in [0.25, 0.3) is 0 Å². The summed E-state index contributed by atoms with van der Waals surface area (Å²) in [5, 5.41) is 3.31. The molecule has 0 aromatic heterocycles. The van der Waals surface area contributed by atoms with Gasteiger partial charge in [-0.25, -0.2) is 8.42 Å². The number of hydrogen-bond donors (Lipinski definition) is 2. The first-order valence-corrected chi connectivity index (χ1v) is 7.95. The minimum absolute atomic E-state index is 0.171. The van der Waals surface area contributed by atoms with Crippen LogP contribution in [0.1, 0.15) is 19.4 Å². The van der Waals surface area contributed by atoms with Gasteiger partial charge in [-0.1, -0.05) is 19.1 Å². The van der Waals surface area contributed by atoms with Gasteiger partial charge in [0.2, 0.25) is 0 Å². The van der Waals surface area contributed by atoms with Crippen molar-refractivity contribution in [2.45, 2.75) is 31.3 Å². The number of nitrogens with two attached hydrogens (primary N) is 1. The van der Waals surface area contributed by atoms with Gasteiger partial charge in [-0.3, -0.25) is 0 Å². The topological polar surface area (TPSA) is 72.2 Å². The molecule has 1 rings (SSSR count). The van der Waals surface area contributed by atoms with Crippen molar-refractivity contribution in [2.75, 3.05) is 12.8 Å². The van der Waals surface area contributed by atoms with Crippen molar-refractivity contribution in [3.63, 3.8) is 0 Å². The zero-order valence-electron chi connectivity index (χ0n) is 11.2. The predicted molar refractivity (Wildman–Crippen MR) is 74.1 cm³/mol. The summed E-state index contributed by atoms with van der Waals surface area (Å²) in [5.41, 5.74) is 6.85. The maximum Gasteiger partial charge on any atom is 0.175 e. The van der Waals surface area contributed by atoms with E-state index in [1.165, 1.54) is 6.26 Å². The smallest absolute Gasteiger partial charge is 0.175 e. The molecule has 1 aromatic rings. The fourth-order valence-corrected chi connectivity index (χ4v) is 2.12.